The Labute approximate surface area is 114 Å². The Morgan fingerprint density at radius 3 is 2.95 bits per heavy atom. The van der Waals surface area contributed by atoms with Gasteiger partial charge in [-0.2, -0.15) is 0 Å². The van der Waals surface area contributed by atoms with Crippen molar-refractivity contribution < 1.29 is 0 Å². The minimum Gasteiger partial charge on any atom is -0.357 e. The smallest absolute Gasteiger partial charge is 0.0501 e. The lowest BCUT2D eigenvalue weighted by Crippen LogP contribution is -2.48. The molecule has 3 aliphatic rings. The van der Waals surface area contributed by atoms with Gasteiger partial charge in [0.15, 0.2) is 0 Å². The molecule has 3 saturated heterocycles. The SMILES string of the molecule is C=C[C@H]1CN2CC[C@@H]1C[C@H]2c1cc2ccccc2[nH]1. The molecule has 3 aliphatic heterocycles. The standard InChI is InChI=1S/C17H20N2/c1-2-12-11-19-8-7-13(12)10-17(19)16-9-14-5-3-4-6-15(14)18-16/h2-6,9,12-13,17-18H,1,7-8,10-11H2/t12-,13+,17-/m0/s1. The molecule has 19 heavy (non-hydrogen) atoms. The number of benzene rings is 1. The minimum atomic E-state index is 0.586. The van der Waals surface area contributed by atoms with Crippen LogP contribution in [0.3, 0.4) is 0 Å². The van der Waals surface area contributed by atoms with Gasteiger partial charge in [-0.3, -0.25) is 4.90 Å². The maximum atomic E-state index is 4.00. The molecule has 0 spiro atoms. The molecule has 1 aromatic carbocycles. The van der Waals surface area contributed by atoms with Gasteiger partial charge in [0.05, 0.1) is 6.04 Å². The molecular weight excluding hydrogens is 232 g/mol. The van der Waals surface area contributed by atoms with Crippen molar-refractivity contribution in [3.63, 3.8) is 0 Å². The first-order valence-corrected chi connectivity index (χ1v) is 7.29. The van der Waals surface area contributed by atoms with Crippen molar-refractivity contribution in [3.05, 3.63) is 48.7 Å². The summed E-state index contributed by atoms with van der Waals surface area (Å²) >= 11 is 0. The van der Waals surface area contributed by atoms with Crippen LogP contribution in [0.1, 0.15) is 24.6 Å². The first kappa shape index (κ1) is 11.3. The first-order chi connectivity index (χ1) is 9.35. The number of H-pyrrole nitrogens is 1. The number of fused-ring (bicyclic) bond motifs is 4. The zero-order valence-corrected chi connectivity index (χ0v) is 11.2. The summed E-state index contributed by atoms with van der Waals surface area (Å²) in [6.45, 7) is 6.43. The van der Waals surface area contributed by atoms with E-state index in [1.807, 2.05) is 0 Å². The number of aromatic amines is 1. The molecule has 1 unspecified atom stereocenters. The lowest BCUT2D eigenvalue weighted by atomic mass is 9.75. The highest BCUT2D eigenvalue weighted by atomic mass is 15.2. The molecule has 98 valence electrons. The van der Waals surface area contributed by atoms with E-state index in [1.165, 1.54) is 42.5 Å². The Morgan fingerprint density at radius 1 is 1.32 bits per heavy atom. The van der Waals surface area contributed by atoms with Crippen LogP contribution in [0.4, 0.5) is 0 Å². The molecule has 0 aliphatic carbocycles. The molecule has 5 rings (SSSR count). The van der Waals surface area contributed by atoms with Crippen molar-refractivity contribution in [2.45, 2.75) is 18.9 Å². The van der Waals surface area contributed by atoms with Gasteiger partial charge in [0.25, 0.3) is 0 Å². The van der Waals surface area contributed by atoms with Gasteiger partial charge in [-0.25, -0.2) is 0 Å². The van der Waals surface area contributed by atoms with Crippen LogP contribution in [0.5, 0.6) is 0 Å². The number of aromatic nitrogens is 1. The van der Waals surface area contributed by atoms with Crippen molar-refractivity contribution in [3.8, 4) is 0 Å². The van der Waals surface area contributed by atoms with E-state index in [4.69, 9.17) is 0 Å². The maximum Gasteiger partial charge on any atom is 0.0501 e. The number of rotatable bonds is 2. The number of nitrogens with zero attached hydrogens (tertiary/aromatic N) is 1. The van der Waals surface area contributed by atoms with Gasteiger partial charge in [-0.1, -0.05) is 24.3 Å². The number of hydrogen-bond acceptors (Lipinski definition) is 1. The van der Waals surface area contributed by atoms with E-state index in [0.717, 1.165) is 5.92 Å². The van der Waals surface area contributed by atoms with E-state index < -0.39 is 0 Å². The van der Waals surface area contributed by atoms with Crippen molar-refractivity contribution in [1.82, 2.24) is 9.88 Å². The summed E-state index contributed by atoms with van der Waals surface area (Å²) in [5, 5.41) is 1.33. The highest BCUT2D eigenvalue weighted by molar-refractivity contribution is 5.80. The van der Waals surface area contributed by atoms with E-state index in [9.17, 15) is 0 Å². The predicted octanol–water partition coefficient (Wildman–Crippen LogP) is 3.74. The summed E-state index contributed by atoms with van der Waals surface area (Å²) < 4.78 is 0. The molecule has 0 saturated carbocycles. The Hall–Kier alpha value is -1.54. The quantitative estimate of drug-likeness (QED) is 0.807. The molecular formula is C17H20N2. The molecule has 2 heteroatoms. The highest BCUT2D eigenvalue weighted by Crippen LogP contribution is 2.43. The zero-order chi connectivity index (χ0) is 12.8. The molecule has 2 bridgehead atoms. The normalized spacial score (nSPS) is 33.7. The van der Waals surface area contributed by atoms with Gasteiger partial charge >= 0.3 is 0 Å². The highest BCUT2D eigenvalue weighted by Gasteiger charge is 2.39. The minimum absolute atomic E-state index is 0.586. The monoisotopic (exact) mass is 252 g/mol. The van der Waals surface area contributed by atoms with Crippen molar-refractivity contribution in [2.24, 2.45) is 11.8 Å². The maximum absolute atomic E-state index is 4.00. The number of hydrogen-bond donors (Lipinski definition) is 1. The third-order valence-electron chi connectivity index (χ3n) is 5.02. The third kappa shape index (κ3) is 1.74. The summed E-state index contributed by atoms with van der Waals surface area (Å²) in [5.41, 5.74) is 2.66. The molecule has 0 amide bonds. The van der Waals surface area contributed by atoms with Gasteiger partial charge in [0, 0.05) is 17.8 Å². The summed E-state index contributed by atoms with van der Waals surface area (Å²) in [6, 6.07) is 11.5. The summed E-state index contributed by atoms with van der Waals surface area (Å²) in [6.07, 6.45) is 4.79. The largest absolute Gasteiger partial charge is 0.357 e. The Morgan fingerprint density at radius 2 is 2.21 bits per heavy atom. The van der Waals surface area contributed by atoms with Crippen molar-refractivity contribution >= 4 is 10.9 Å². The van der Waals surface area contributed by atoms with Crippen LogP contribution in [0.25, 0.3) is 10.9 Å². The zero-order valence-electron chi connectivity index (χ0n) is 11.2. The molecule has 2 nitrogen and oxygen atoms in total. The number of para-hydroxylation sites is 1. The van der Waals surface area contributed by atoms with E-state index in [0.29, 0.717) is 12.0 Å². The van der Waals surface area contributed by atoms with Crippen LogP contribution in [0.15, 0.2) is 43.0 Å². The summed E-state index contributed by atoms with van der Waals surface area (Å²) in [7, 11) is 0. The van der Waals surface area contributed by atoms with Gasteiger partial charge in [0.2, 0.25) is 0 Å². The molecule has 4 atom stereocenters. The van der Waals surface area contributed by atoms with Crippen LogP contribution in [0, 0.1) is 11.8 Å². The van der Waals surface area contributed by atoms with E-state index in [-0.39, 0.29) is 0 Å². The second-order valence-electron chi connectivity index (χ2n) is 6.01. The van der Waals surface area contributed by atoms with Crippen LogP contribution >= 0.6 is 0 Å². The summed E-state index contributed by atoms with van der Waals surface area (Å²) in [4.78, 5) is 6.25. The summed E-state index contributed by atoms with van der Waals surface area (Å²) in [5.74, 6) is 1.54. The van der Waals surface area contributed by atoms with Crippen molar-refractivity contribution in [2.75, 3.05) is 13.1 Å². The van der Waals surface area contributed by atoms with Gasteiger partial charge < -0.3 is 4.98 Å². The molecule has 2 aromatic rings. The average molecular weight is 252 g/mol. The Kier molecular flexibility index (Phi) is 2.52. The number of nitrogens with one attached hydrogen (secondary N) is 1. The van der Waals surface area contributed by atoms with Crippen LogP contribution in [-0.4, -0.2) is 23.0 Å². The lowest BCUT2D eigenvalue weighted by molar-refractivity contribution is 0.0167. The van der Waals surface area contributed by atoms with Gasteiger partial charge in [0.1, 0.15) is 0 Å². The number of piperidine rings is 3. The molecule has 0 radical (unpaired) electrons. The third-order valence-corrected chi connectivity index (χ3v) is 5.02. The molecule has 1 aromatic heterocycles. The lowest BCUT2D eigenvalue weighted by Gasteiger charge is -2.48. The molecule has 1 N–H and O–H groups in total. The molecule has 3 fully saturated rings. The Balaban J connectivity index is 1.68. The van der Waals surface area contributed by atoms with E-state index >= 15 is 0 Å². The van der Waals surface area contributed by atoms with Gasteiger partial charge in [-0.15, -0.1) is 6.58 Å². The van der Waals surface area contributed by atoms with Crippen LogP contribution < -0.4 is 0 Å². The van der Waals surface area contributed by atoms with Crippen LogP contribution in [0.2, 0.25) is 0 Å². The molecule has 4 heterocycles. The fourth-order valence-corrected chi connectivity index (χ4v) is 3.93. The second-order valence-corrected chi connectivity index (χ2v) is 6.01. The predicted molar refractivity (Wildman–Crippen MR) is 79.0 cm³/mol. The van der Waals surface area contributed by atoms with Crippen molar-refractivity contribution in [1.29, 1.82) is 0 Å². The second kappa shape index (κ2) is 4.24. The average Bonchev–Trinajstić information content (AvgIpc) is 2.91. The first-order valence-electron chi connectivity index (χ1n) is 7.29. The fourth-order valence-electron chi connectivity index (χ4n) is 3.93. The topological polar surface area (TPSA) is 19.0 Å². The van der Waals surface area contributed by atoms with Gasteiger partial charge in [-0.05, 0) is 48.7 Å². The van der Waals surface area contributed by atoms with Crippen LogP contribution in [-0.2, 0) is 0 Å². The Bertz CT molecular complexity index is 580. The van der Waals surface area contributed by atoms with E-state index in [2.05, 4.69) is 52.9 Å². The van der Waals surface area contributed by atoms with E-state index in [1.54, 1.807) is 0 Å². The fraction of sp³-hybridized carbons (Fsp3) is 0.412.